The first-order chi connectivity index (χ1) is 12.1. The van der Waals surface area contributed by atoms with Crippen LogP contribution in [-0.4, -0.2) is 35.3 Å². The Kier molecular flexibility index (Phi) is 4.74. The van der Waals surface area contributed by atoms with Gasteiger partial charge in [0.15, 0.2) is 0 Å². The van der Waals surface area contributed by atoms with E-state index in [4.69, 9.17) is 19.3 Å². The Labute approximate surface area is 144 Å². The number of fused-ring (bicyclic) bond motifs is 1. The van der Waals surface area contributed by atoms with E-state index >= 15 is 0 Å². The van der Waals surface area contributed by atoms with Crippen LogP contribution in [0.3, 0.4) is 0 Å². The molecule has 7 nitrogen and oxygen atoms in total. The number of methoxy groups -OCH3 is 2. The van der Waals surface area contributed by atoms with E-state index in [1.165, 1.54) is 0 Å². The third-order valence-corrected chi connectivity index (χ3v) is 3.74. The molecule has 130 valence electrons. The molecule has 0 aliphatic heterocycles. The smallest absolute Gasteiger partial charge is 0.307 e. The van der Waals surface area contributed by atoms with Gasteiger partial charge in [0.25, 0.3) is 0 Å². The van der Waals surface area contributed by atoms with Crippen LogP contribution in [0.25, 0.3) is 11.0 Å². The molecule has 0 unspecified atom stereocenters. The quantitative estimate of drug-likeness (QED) is 0.686. The fraction of sp³-hybridized carbons (Fsp3) is 0.222. The number of carboxylic acid groups (broad SMARTS) is 1. The molecule has 0 spiro atoms. The minimum Gasteiger partial charge on any atom is -0.497 e. The Morgan fingerprint density at radius 1 is 1.08 bits per heavy atom. The molecule has 0 aliphatic rings. The SMILES string of the molecule is COc1ccc(OCc2nc3c(CC(=O)O)ccc(OC)c3[nH]2)cc1. The number of hydrogen-bond donors (Lipinski definition) is 2. The maximum absolute atomic E-state index is 11.0. The number of aliphatic carboxylic acids is 1. The van der Waals surface area contributed by atoms with E-state index in [-0.39, 0.29) is 13.0 Å². The summed E-state index contributed by atoms with van der Waals surface area (Å²) in [7, 11) is 3.16. The molecule has 3 aromatic rings. The van der Waals surface area contributed by atoms with Gasteiger partial charge < -0.3 is 24.3 Å². The van der Waals surface area contributed by atoms with Gasteiger partial charge in [-0.25, -0.2) is 4.98 Å². The van der Waals surface area contributed by atoms with Crippen LogP contribution in [0.5, 0.6) is 17.2 Å². The van der Waals surface area contributed by atoms with E-state index < -0.39 is 5.97 Å². The molecule has 0 radical (unpaired) electrons. The number of nitrogens with zero attached hydrogens (tertiary/aromatic N) is 1. The molecule has 0 amide bonds. The summed E-state index contributed by atoms with van der Waals surface area (Å²) in [4.78, 5) is 18.6. The Morgan fingerprint density at radius 2 is 1.80 bits per heavy atom. The first-order valence-electron chi connectivity index (χ1n) is 7.64. The van der Waals surface area contributed by atoms with Crippen molar-refractivity contribution in [3.8, 4) is 17.2 Å². The molecular weight excluding hydrogens is 324 g/mol. The van der Waals surface area contributed by atoms with Crippen molar-refractivity contribution in [2.75, 3.05) is 14.2 Å². The minimum atomic E-state index is -0.912. The van der Waals surface area contributed by atoms with Crippen LogP contribution in [0.1, 0.15) is 11.4 Å². The second-order valence-electron chi connectivity index (χ2n) is 5.37. The van der Waals surface area contributed by atoms with E-state index in [1.807, 2.05) is 12.1 Å². The molecule has 1 heterocycles. The third-order valence-electron chi connectivity index (χ3n) is 3.74. The van der Waals surface area contributed by atoms with Gasteiger partial charge in [-0.3, -0.25) is 4.79 Å². The summed E-state index contributed by atoms with van der Waals surface area (Å²) in [6.45, 7) is 0.219. The number of ether oxygens (including phenoxy) is 3. The van der Waals surface area contributed by atoms with Gasteiger partial charge in [-0.05, 0) is 35.9 Å². The van der Waals surface area contributed by atoms with Gasteiger partial charge in [0, 0.05) is 0 Å². The van der Waals surface area contributed by atoms with Gasteiger partial charge >= 0.3 is 5.97 Å². The standard InChI is InChI=1S/C18H18N2O5/c1-23-12-4-6-13(7-5-12)25-10-15-19-17-11(9-16(21)22)3-8-14(24-2)18(17)20-15/h3-8H,9-10H2,1-2H3,(H,19,20)(H,21,22). The number of carbonyl (C=O) groups is 1. The average molecular weight is 342 g/mol. The van der Waals surface area contributed by atoms with E-state index in [0.29, 0.717) is 33.9 Å². The lowest BCUT2D eigenvalue weighted by atomic mass is 10.1. The van der Waals surface area contributed by atoms with E-state index in [1.54, 1.807) is 38.5 Å². The molecule has 7 heteroatoms. The highest BCUT2D eigenvalue weighted by Gasteiger charge is 2.14. The predicted octanol–water partition coefficient (Wildman–Crippen LogP) is 2.79. The second kappa shape index (κ2) is 7.12. The second-order valence-corrected chi connectivity index (χ2v) is 5.37. The molecule has 0 saturated carbocycles. The third kappa shape index (κ3) is 3.65. The summed E-state index contributed by atoms with van der Waals surface area (Å²) in [5.74, 6) is 1.71. The summed E-state index contributed by atoms with van der Waals surface area (Å²) in [6.07, 6.45) is -0.107. The van der Waals surface area contributed by atoms with E-state index in [9.17, 15) is 4.79 Å². The van der Waals surface area contributed by atoms with Crippen LogP contribution in [0.4, 0.5) is 0 Å². The number of aromatic nitrogens is 2. The topological polar surface area (TPSA) is 93.7 Å². The maximum Gasteiger partial charge on any atom is 0.307 e. The highest BCUT2D eigenvalue weighted by Crippen LogP contribution is 2.27. The molecule has 1 aromatic heterocycles. The predicted molar refractivity (Wildman–Crippen MR) is 91.3 cm³/mol. The number of aromatic amines is 1. The van der Waals surface area contributed by atoms with Crippen molar-refractivity contribution in [2.45, 2.75) is 13.0 Å². The Balaban J connectivity index is 1.84. The summed E-state index contributed by atoms with van der Waals surface area (Å²) in [5, 5.41) is 9.05. The van der Waals surface area contributed by atoms with Crippen LogP contribution in [-0.2, 0) is 17.8 Å². The van der Waals surface area contributed by atoms with Gasteiger partial charge in [-0.1, -0.05) is 6.07 Å². The zero-order chi connectivity index (χ0) is 17.8. The summed E-state index contributed by atoms with van der Waals surface area (Å²) >= 11 is 0. The molecular formula is C18H18N2O5. The molecule has 2 aromatic carbocycles. The van der Waals surface area contributed by atoms with Crippen LogP contribution < -0.4 is 14.2 Å². The first kappa shape index (κ1) is 16.6. The fourth-order valence-electron chi connectivity index (χ4n) is 2.54. The molecule has 0 saturated heterocycles. The summed E-state index contributed by atoms with van der Waals surface area (Å²) < 4.78 is 16.1. The van der Waals surface area contributed by atoms with Crippen molar-refractivity contribution in [1.82, 2.24) is 9.97 Å². The van der Waals surface area contributed by atoms with Crippen molar-refractivity contribution >= 4 is 17.0 Å². The van der Waals surface area contributed by atoms with Crippen LogP contribution in [0.15, 0.2) is 36.4 Å². The van der Waals surface area contributed by atoms with Crippen molar-refractivity contribution < 1.29 is 24.1 Å². The Morgan fingerprint density at radius 3 is 2.44 bits per heavy atom. The van der Waals surface area contributed by atoms with Gasteiger partial charge in [0.2, 0.25) is 0 Å². The van der Waals surface area contributed by atoms with Crippen LogP contribution in [0.2, 0.25) is 0 Å². The van der Waals surface area contributed by atoms with Crippen LogP contribution in [0, 0.1) is 0 Å². The number of nitrogens with one attached hydrogen (secondary N) is 1. The number of carboxylic acids is 1. The molecule has 0 aliphatic carbocycles. The van der Waals surface area contributed by atoms with E-state index in [2.05, 4.69) is 9.97 Å². The molecule has 0 fully saturated rings. The average Bonchev–Trinajstić information content (AvgIpc) is 3.05. The lowest BCUT2D eigenvalue weighted by Gasteiger charge is -2.05. The zero-order valence-electron chi connectivity index (χ0n) is 13.9. The fourth-order valence-corrected chi connectivity index (χ4v) is 2.54. The number of benzene rings is 2. The van der Waals surface area contributed by atoms with Crippen molar-refractivity contribution in [3.63, 3.8) is 0 Å². The van der Waals surface area contributed by atoms with Crippen molar-refractivity contribution in [2.24, 2.45) is 0 Å². The lowest BCUT2D eigenvalue weighted by Crippen LogP contribution is -2.01. The summed E-state index contributed by atoms with van der Waals surface area (Å²) in [5.41, 5.74) is 1.86. The van der Waals surface area contributed by atoms with Crippen LogP contribution >= 0.6 is 0 Å². The number of hydrogen-bond acceptors (Lipinski definition) is 5. The van der Waals surface area contributed by atoms with Gasteiger partial charge in [0.05, 0.1) is 26.2 Å². The first-order valence-corrected chi connectivity index (χ1v) is 7.64. The Bertz CT molecular complexity index is 886. The van der Waals surface area contributed by atoms with Crippen molar-refractivity contribution in [1.29, 1.82) is 0 Å². The molecule has 0 atom stereocenters. The highest BCUT2D eigenvalue weighted by molar-refractivity contribution is 5.87. The monoisotopic (exact) mass is 342 g/mol. The van der Waals surface area contributed by atoms with Gasteiger partial charge in [-0.2, -0.15) is 0 Å². The van der Waals surface area contributed by atoms with Gasteiger partial charge in [-0.15, -0.1) is 0 Å². The molecule has 0 bridgehead atoms. The van der Waals surface area contributed by atoms with E-state index in [0.717, 1.165) is 5.75 Å². The lowest BCUT2D eigenvalue weighted by molar-refractivity contribution is -0.136. The Hall–Kier alpha value is -3.22. The minimum absolute atomic E-state index is 0.107. The maximum atomic E-state index is 11.0. The van der Waals surface area contributed by atoms with Crippen molar-refractivity contribution in [3.05, 3.63) is 47.8 Å². The number of H-pyrrole nitrogens is 1. The number of rotatable bonds is 7. The number of imidazole rings is 1. The highest BCUT2D eigenvalue weighted by atomic mass is 16.5. The molecule has 2 N–H and O–H groups in total. The van der Waals surface area contributed by atoms with Gasteiger partial charge in [0.1, 0.15) is 35.2 Å². The normalized spacial score (nSPS) is 10.6. The largest absolute Gasteiger partial charge is 0.497 e. The molecule has 3 rings (SSSR count). The molecule has 25 heavy (non-hydrogen) atoms. The zero-order valence-corrected chi connectivity index (χ0v) is 13.9. The summed E-state index contributed by atoms with van der Waals surface area (Å²) in [6, 6.07) is 10.7.